The summed E-state index contributed by atoms with van der Waals surface area (Å²) in [6, 6.07) is 6.03. The van der Waals surface area contributed by atoms with Gasteiger partial charge in [0.1, 0.15) is 11.0 Å². The molecule has 1 saturated heterocycles. The summed E-state index contributed by atoms with van der Waals surface area (Å²) in [6.07, 6.45) is 2.32. The van der Waals surface area contributed by atoms with Gasteiger partial charge in [0.2, 0.25) is 5.91 Å². The van der Waals surface area contributed by atoms with Crippen LogP contribution in [0.2, 0.25) is 0 Å². The van der Waals surface area contributed by atoms with Crippen molar-refractivity contribution in [2.75, 3.05) is 26.7 Å². The molecule has 0 radical (unpaired) electrons. The number of amides is 1. The highest BCUT2D eigenvalue weighted by molar-refractivity contribution is 7.00. The van der Waals surface area contributed by atoms with Crippen LogP contribution in [0.1, 0.15) is 18.4 Å². The number of benzene rings is 1. The maximum absolute atomic E-state index is 11.9. The van der Waals surface area contributed by atoms with E-state index in [0.717, 1.165) is 36.0 Å². The highest BCUT2D eigenvalue weighted by Gasteiger charge is 2.16. The highest BCUT2D eigenvalue weighted by atomic mass is 32.1. The number of rotatable bonds is 6. The molecule has 3 rings (SSSR count). The first-order valence-corrected chi connectivity index (χ1v) is 8.22. The second kappa shape index (κ2) is 7.13. The van der Waals surface area contributed by atoms with Crippen LogP contribution >= 0.6 is 11.7 Å². The number of likely N-dealkylation sites (N-methyl/N-ethyl adjacent to an activating group) is 1. The van der Waals surface area contributed by atoms with Crippen LogP contribution in [-0.2, 0) is 16.1 Å². The van der Waals surface area contributed by atoms with Crippen LogP contribution in [0.25, 0.3) is 11.0 Å². The topological polar surface area (TPSA) is 67.4 Å². The van der Waals surface area contributed by atoms with Gasteiger partial charge >= 0.3 is 0 Å². The van der Waals surface area contributed by atoms with Gasteiger partial charge in [-0.1, -0.05) is 6.07 Å². The minimum atomic E-state index is 0.0365. The highest BCUT2D eigenvalue weighted by Crippen LogP contribution is 2.14. The predicted octanol–water partition coefficient (Wildman–Crippen LogP) is 1.42. The number of nitrogens with one attached hydrogen (secondary N) is 1. The zero-order valence-electron chi connectivity index (χ0n) is 12.6. The van der Waals surface area contributed by atoms with Crippen molar-refractivity contribution < 1.29 is 9.53 Å². The molecule has 1 aromatic carbocycles. The van der Waals surface area contributed by atoms with E-state index in [2.05, 4.69) is 14.1 Å². The molecular formula is C15H20N4O2S. The molecule has 1 atom stereocenters. The fourth-order valence-electron chi connectivity index (χ4n) is 2.63. The molecule has 0 spiro atoms. The Hall–Kier alpha value is -1.57. The average molecular weight is 320 g/mol. The van der Waals surface area contributed by atoms with Crippen molar-refractivity contribution in [3.8, 4) is 0 Å². The number of carbonyl (C=O) groups excluding carboxylic acids is 1. The van der Waals surface area contributed by atoms with E-state index >= 15 is 0 Å². The summed E-state index contributed by atoms with van der Waals surface area (Å²) in [5.74, 6) is 0.0365. The Labute approximate surface area is 133 Å². The standard InChI is InChI=1S/C15H20N4O2S/c1-19(10-15(20)16-8-12-3-2-6-21-12)9-11-4-5-13-14(7-11)18-22-17-13/h4-5,7,12H,2-3,6,8-10H2,1H3,(H,16,20)/t12-/m1/s1. The summed E-state index contributed by atoms with van der Waals surface area (Å²) in [5.41, 5.74) is 2.97. The second-order valence-corrected chi connectivity index (χ2v) is 6.23. The van der Waals surface area contributed by atoms with Crippen molar-refractivity contribution in [3.63, 3.8) is 0 Å². The van der Waals surface area contributed by atoms with Gasteiger partial charge in [0.05, 0.1) is 24.4 Å². The van der Waals surface area contributed by atoms with Gasteiger partial charge in [-0.15, -0.1) is 0 Å². The molecule has 1 aliphatic heterocycles. The fraction of sp³-hybridized carbons (Fsp3) is 0.533. The molecule has 0 unspecified atom stereocenters. The molecule has 1 aromatic heterocycles. The van der Waals surface area contributed by atoms with E-state index in [1.54, 1.807) is 0 Å². The molecule has 1 N–H and O–H groups in total. The van der Waals surface area contributed by atoms with E-state index in [0.29, 0.717) is 19.6 Å². The van der Waals surface area contributed by atoms with Gasteiger partial charge in [-0.3, -0.25) is 9.69 Å². The Balaban J connectivity index is 1.46. The average Bonchev–Trinajstić information content (AvgIpc) is 3.15. The van der Waals surface area contributed by atoms with E-state index in [9.17, 15) is 4.79 Å². The maximum Gasteiger partial charge on any atom is 0.234 e. The van der Waals surface area contributed by atoms with Crippen molar-refractivity contribution in [2.45, 2.75) is 25.5 Å². The number of hydrogen-bond donors (Lipinski definition) is 1. The maximum atomic E-state index is 11.9. The lowest BCUT2D eigenvalue weighted by molar-refractivity contribution is -0.122. The Morgan fingerprint density at radius 2 is 2.32 bits per heavy atom. The number of aromatic nitrogens is 2. The quantitative estimate of drug-likeness (QED) is 0.872. The van der Waals surface area contributed by atoms with Crippen LogP contribution in [0.4, 0.5) is 0 Å². The van der Waals surface area contributed by atoms with Crippen molar-refractivity contribution in [1.82, 2.24) is 19.0 Å². The first kappa shape index (κ1) is 15.3. The fourth-order valence-corrected chi connectivity index (χ4v) is 3.15. The first-order chi connectivity index (χ1) is 10.7. The third-order valence-electron chi connectivity index (χ3n) is 3.74. The summed E-state index contributed by atoms with van der Waals surface area (Å²) < 4.78 is 13.9. The molecule has 1 aliphatic rings. The molecule has 2 aromatic rings. The number of ether oxygens (including phenoxy) is 1. The molecule has 0 bridgehead atoms. The summed E-state index contributed by atoms with van der Waals surface area (Å²) in [5, 5.41) is 2.94. The third kappa shape index (κ3) is 4.00. The number of fused-ring (bicyclic) bond motifs is 1. The molecule has 2 heterocycles. The van der Waals surface area contributed by atoms with E-state index < -0.39 is 0 Å². The number of carbonyl (C=O) groups is 1. The molecule has 7 heteroatoms. The van der Waals surface area contributed by atoms with Gasteiger partial charge in [0.25, 0.3) is 0 Å². The summed E-state index contributed by atoms with van der Waals surface area (Å²) in [4.78, 5) is 13.9. The lowest BCUT2D eigenvalue weighted by Gasteiger charge is -2.17. The molecule has 118 valence electrons. The lowest BCUT2D eigenvalue weighted by atomic mass is 10.2. The predicted molar refractivity (Wildman–Crippen MR) is 85.7 cm³/mol. The van der Waals surface area contributed by atoms with Crippen molar-refractivity contribution in [1.29, 1.82) is 0 Å². The van der Waals surface area contributed by atoms with E-state index in [1.165, 1.54) is 11.7 Å². The van der Waals surface area contributed by atoms with Crippen LogP contribution in [0.3, 0.4) is 0 Å². The Morgan fingerprint density at radius 3 is 3.14 bits per heavy atom. The zero-order chi connectivity index (χ0) is 15.4. The SMILES string of the molecule is CN(CC(=O)NC[C@H]1CCCO1)Cc1ccc2nsnc2c1. The summed E-state index contributed by atoms with van der Waals surface area (Å²) >= 11 is 1.22. The molecule has 22 heavy (non-hydrogen) atoms. The smallest absolute Gasteiger partial charge is 0.234 e. The van der Waals surface area contributed by atoms with Crippen molar-refractivity contribution in [2.24, 2.45) is 0 Å². The van der Waals surface area contributed by atoms with Crippen LogP contribution in [0, 0.1) is 0 Å². The zero-order valence-corrected chi connectivity index (χ0v) is 13.4. The number of nitrogens with zero attached hydrogens (tertiary/aromatic N) is 3. The normalized spacial score (nSPS) is 18.2. The van der Waals surface area contributed by atoms with Gasteiger partial charge in [-0.25, -0.2) is 0 Å². The molecule has 6 nitrogen and oxygen atoms in total. The van der Waals surface area contributed by atoms with Gasteiger partial charge in [-0.2, -0.15) is 8.75 Å². The van der Waals surface area contributed by atoms with Crippen LogP contribution in [0.15, 0.2) is 18.2 Å². The third-order valence-corrected chi connectivity index (χ3v) is 4.29. The van der Waals surface area contributed by atoms with Crippen LogP contribution in [-0.4, -0.2) is 52.4 Å². The molecule has 0 aliphatic carbocycles. The van der Waals surface area contributed by atoms with Crippen molar-refractivity contribution in [3.05, 3.63) is 23.8 Å². The van der Waals surface area contributed by atoms with E-state index in [-0.39, 0.29) is 12.0 Å². The van der Waals surface area contributed by atoms with Crippen LogP contribution < -0.4 is 5.32 Å². The molecule has 1 amide bonds. The Kier molecular flexibility index (Phi) is 4.97. The summed E-state index contributed by atoms with van der Waals surface area (Å²) in [6.45, 7) is 2.51. The Bertz CT molecular complexity index is 639. The molecule has 1 fully saturated rings. The number of hydrogen-bond acceptors (Lipinski definition) is 6. The van der Waals surface area contributed by atoms with Crippen molar-refractivity contribution >= 4 is 28.7 Å². The van der Waals surface area contributed by atoms with E-state index in [4.69, 9.17) is 4.74 Å². The second-order valence-electron chi connectivity index (χ2n) is 5.70. The van der Waals surface area contributed by atoms with Gasteiger partial charge in [-0.05, 0) is 37.6 Å². The monoisotopic (exact) mass is 320 g/mol. The lowest BCUT2D eigenvalue weighted by Crippen LogP contribution is -2.38. The molecular weight excluding hydrogens is 300 g/mol. The van der Waals surface area contributed by atoms with Gasteiger partial charge in [0.15, 0.2) is 0 Å². The minimum Gasteiger partial charge on any atom is -0.376 e. The van der Waals surface area contributed by atoms with Crippen LogP contribution in [0.5, 0.6) is 0 Å². The largest absolute Gasteiger partial charge is 0.376 e. The first-order valence-electron chi connectivity index (χ1n) is 7.49. The Morgan fingerprint density at radius 1 is 1.45 bits per heavy atom. The summed E-state index contributed by atoms with van der Waals surface area (Å²) in [7, 11) is 1.94. The molecule has 0 saturated carbocycles. The van der Waals surface area contributed by atoms with Gasteiger partial charge in [0, 0.05) is 19.7 Å². The van der Waals surface area contributed by atoms with Gasteiger partial charge < -0.3 is 10.1 Å². The minimum absolute atomic E-state index is 0.0365. The van der Waals surface area contributed by atoms with E-state index in [1.807, 2.05) is 30.1 Å².